The lowest BCUT2D eigenvalue weighted by Crippen LogP contribution is -2.48. The van der Waals surface area contributed by atoms with Crippen molar-refractivity contribution >= 4 is 11.8 Å². The molecule has 0 aromatic heterocycles. The number of nitrogens with one attached hydrogen (secondary N) is 1. The fourth-order valence-electron chi connectivity index (χ4n) is 3.49. The predicted molar refractivity (Wildman–Crippen MR) is 76.6 cm³/mol. The minimum absolute atomic E-state index is 0.306. The van der Waals surface area contributed by atoms with Gasteiger partial charge < -0.3 is 9.64 Å². The molecule has 1 aliphatic carbocycles. The largest absolute Gasteiger partial charge is 0.438 e. The zero-order chi connectivity index (χ0) is 13.6. The lowest BCUT2D eigenvalue weighted by molar-refractivity contribution is -0.0385. The van der Waals surface area contributed by atoms with E-state index in [-0.39, 0.29) is 6.09 Å². The summed E-state index contributed by atoms with van der Waals surface area (Å²) >= 11 is 0. The molecule has 0 unspecified atom stereocenters. The number of para-hydroxylation sites is 1. The highest BCUT2D eigenvalue weighted by molar-refractivity contribution is 5.88. The number of rotatable bonds is 2. The van der Waals surface area contributed by atoms with Gasteiger partial charge in [-0.25, -0.2) is 4.79 Å². The van der Waals surface area contributed by atoms with Crippen LogP contribution in [-0.2, 0) is 10.3 Å². The number of carbonyl (C=O) groups excluding carboxylic acids is 1. The number of nitrogens with zero attached hydrogens (tertiary/aromatic N) is 1. The van der Waals surface area contributed by atoms with Crippen LogP contribution in [0.25, 0.3) is 0 Å². The Hall–Kier alpha value is -1.55. The molecule has 2 fully saturated rings. The Balaban J connectivity index is 1.56. The van der Waals surface area contributed by atoms with E-state index in [2.05, 4.69) is 16.3 Å². The number of likely N-dealkylation sites (tertiary alicyclic amines) is 1. The molecule has 4 rings (SSSR count). The van der Waals surface area contributed by atoms with Gasteiger partial charge in [0.2, 0.25) is 0 Å². The van der Waals surface area contributed by atoms with Gasteiger partial charge in [-0.3, -0.25) is 5.32 Å². The van der Waals surface area contributed by atoms with Gasteiger partial charge in [0.25, 0.3) is 0 Å². The molecule has 3 aliphatic rings. The van der Waals surface area contributed by atoms with Crippen LogP contribution in [0.2, 0.25) is 0 Å². The second-order valence-electron chi connectivity index (χ2n) is 6.30. The fourth-order valence-corrected chi connectivity index (χ4v) is 3.49. The van der Waals surface area contributed by atoms with Crippen molar-refractivity contribution in [1.29, 1.82) is 0 Å². The average molecular weight is 272 g/mol. The first-order valence-corrected chi connectivity index (χ1v) is 7.57. The van der Waals surface area contributed by atoms with Crippen LogP contribution in [0.5, 0.6) is 0 Å². The molecule has 1 N–H and O–H groups in total. The molecule has 0 atom stereocenters. The number of benzene rings is 1. The molecule has 2 aliphatic heterocycles. The van der Waals surface area contributed by atoms with E-state index in [1.807, 2.05) is 18.2 Å². The molecular formula is C16H20N2O2. The second kappa shape index (κ2) is 4.48. The highest BCUT2D eigenvalue weighted by Gasteiger charge is 2.44. The molecule has 4 nitrogen and oxygen atoms in total. The van der Waals surface area contributed by atoms with Gasteiger partial charge in [-0.1, -0.05) is 18.2 Å². The highest BCUT2D eigenvalue weighted by Crippen LogP contribution is 2.43. The number of fused-ring (bicyclic) bond motifs is 2. The van der Waals surface area contributed by atoms with Gasteiger partial charge in [-0.15, -0.1) is 0 Å². The summed E-state index contributed by atoms with van der Waals surface area (Å²) in [4.78, 5) is 14.4. The quantitative estimate of drug-likeness (QED) is 0.900. The summed E-state index contributed by atoms with van der Waals surface area (Å²) in [6, 6.07) is 8.04. The number of anilines is 1. The van der Waals surface area contributed by atoms with Crippen molar-refractivity contribution in [3.63, 3.8) is 0 Å². The zero-order valence-electron chi connectivity index (χ0n) is 11.6. The SMILES string of the molecule is O=C1Nc2ccccc2C2(CCN(CC3CC3)CC2)O1. The molecule has 106 valence electrons. The van der Waals surface area contributed by atoms with E-state index in [1.165, 1.54) is 19.4 Å². The van der Waals surface area contributed by atoms with Crippen LogP contribution >= 0.6 is 0 Å². The van der Waals surface area contributed by atoms with E-state index in [9.17, 15) is 4.79 Å². The van der Waals surface area contributed by atoms with Crippen molar-refractivity contribution in [1.82, 2.24) is 4.90 Å². The van der Waals surface area contributed by atoms with E-state index < -0.39 is 5.60 Å². The first kappa shape index (κ1) is 12.2. The summed E-state index contributed by atoms with van der Waals surface area (Å²) in [6.45, 7) is 3.28. The van der Waals surface area contributed by atoms with Gasteiger partial charge >= 0.3 is 6.09 Å². The lowest BCUT2D eigenvalue weighted by atomic mass is 9.82. The van der Waals surface area contributed by atoms with E-state index in [1.54, 1.807) is 0 Å². The normalized spacial score (nSPS) is 24.9. The fraction of sp³-hybridized carbons (Fsp3) is 0.562. The summed E-state index contributed by atoms with van der Waals surface area (Å²) in [7, 11) is 0. The minimum atomic E-state index is -0.404. The minimum Gasteiger partial charge on any atom is -0.438 e. The first-order chi connectivity index (χ1) is 9.75. The standard InChI is InChI=1S/C16H20N2O2/c19-15-17-14-4-2-1-3-13(14)16(20-15)7-9-18(10-8-16)11-12-5-6-12/h1-4,12H,5-11H2,(H,17,19). The Morgan fingerprint density at radius 2 is 2.00 bits per heavy atom. The van der Waals surface area contributed by atoms with E-state index in [4.69, 9.17) is 4.74 Å². The Bertz CT molecular complexity index is 531. The molecule has 2 heterocycles. The molecule has 20 heavy (non-hydrogen) atoms. The molecule has 0 bridgehead atoms. The van der Waals surface area contributed by atoms with Gasteiger partial charge in [-0.05, 0) is 24.8 Å². The molecule has 1 aromatic rings. The van der Waals surface area contributed by atoms with Crippen LogP contribution in [0.15, 0.2) is 24.3 Å². The van der Waals surface area contributed by atoms with Crippen molar-refractivity contribution in [2.24, 2.45) is 5.92 Å². The van der Waals surface area contributed by atoms with Crippen LogP contribution in [0.4, 0.5) is 10.5 Å². The summed E-state index contributed by atoms with van der Waals surface area (Å²) in [5, 5.41) is 2.81. The number of piperidine rings is 1. The summed E-state index contributed by atoms with van der Waals surface area (Å²) < 4.78 is 5.73. The van der Waals surface area contributed by atoms with E-state index in [0.717, 1.165) is 43.1 Å². The van der Waals surface area contributed by atoms with Gasteiger partial charge in [0, 0.05) is 38.0 Å². The van der Waals surface area contributed by atoms with Gasteiger partial charge in [0.05, 0.1) is 5.69 Å². The highest BCUT2D eigenvalue weighted by atomic mass is 16.6. The van der Waals surface area contributed by atoms with Crippen molar-refractivity contribution < 1.29 is 9.53 Å². The third-order valence-corrected chi connectivity index (χ3v) is 4.82. The second-order valence-corrected chi connectivity index (χ2v) is 6.30. The van der Waals surface area contributed by atoms with Crippen LogP contribution in [-0.4, -0.2) is 30.6 Å². The molecule has 1 saturated heterocycles. The average Bonchev–Trinajstić information content (AvgIpc) is 3.25. The Morgan fingerprint density at radius 3 is 2.75 bits per heavy atom. The predicted octanol–water partition coefficient (Wildman–Crippen LogP) is 2.95. The monoisotopic (exact) mass is 272 g/mol. The number of carbonyl (C=O) groups is 1. The van der Waals surface area contributed by atoms with Gasteiger partial charge in [-0.2, -0.15) is 0 Å². The molecule has 1 aromatic carbocycles. The topological polar surface area (TPSA) is 41.6 Å². The summed E-state index contributed by atoms with van der Waals surface area (Å²) in [5.74, 6) is 0.923. The number of hydrogen-bond acceptors (Lipinski definition) is 3. The maximum atomic E-state index is 11.8. The molecule has 1 saturated carbocycles. The zero-order valence-corrected chi connectivity index (χ0v) is 11.6. The van der Waals surface area contributed by atoms with Crippen LogP contribution in [0.3, 0.4) is 0 Å². The Labute approximate surface area is 119 Å². The smallest absolute Gasteiger partial charge is 0.412 e. The van der Waals surface area contributed by atoms with Crippen molar-refractivity contribution in [3.05, 3.63) is 29.8 Å². The third kappa shape index (κ3) is 2.08. The van der Waals surface area contributed by atoms with Gasteiger partial charge in [0.15, 0.2) is 0 Å². The maximum absolute atomic E-state index is 11.8. The number of amides is 1. The van der Waals surface area contributed by atoms with Crippen molar-refractivity contribution in [2.75, 3.05) is 25.0 Å². The number of hydrogen-bond donors (Lipinski definition) is 1. The maximum Gasteiger partial charge on any atom is 0.412 e. The Morgan fingerprint density at radius 1 is 1.25 bits per heavy atom. The Kier molecular flexibility index (Phi) is 2.74. The molecule has 0 radical (unpaired) electrons. The third-order valence-electron chi connectivity index (χ3n) is 4.82. The van der Waals surface area contributed by atoms with E-state index in [0.29, 0.717) is 0 Å². The lowest BCUT2D eigenvalue weighted by Gasteiger charge is -2.44. The molecule has 4 heteroatoms. The first-order valence-electron chi connectivity index (χ1n) is 7.57. The molecule has 1 amide bonds. The van der Waals surface area contributed by atoms with Crippen molar-refractivity contribution in [3.8, 4) is 0 Å². The van der Waals surface area contributed by atoms with E-state index >= 15 is 0 Å². The summed E-state index contributed by atoms with van der Waals surface area (Å²) in [6.07, 6.45) is 4.29. The van der Waals surface area contributed by atoms with Gasteiger partial charge in [0.1, 0.15) is 5.60 Å². The number of ether oxygens (including phenoxy) is 1. The molecular weight excluding hydrogens is 252 g/mol. The van der Waals surface area contributed by atoms with Crippen LogP contribution in [0.1, 0.15) is 31.2 Å². The molecule has 1 spiro atoms. The van der Waals surface area contributed by atoms with Crippen LogP contribution < -0.4 is 5.32 Å². The van der Waals surface area contributed by atoms with Crippen LogP contribution in [0, 0.1) is 5.92 Å². The van der Waals surface area contributed by atoms with Crippen molar-refractivity contribution in [2.45, 2.75) is 31.3 Å². The summed E-state index contributed by atoms with van der Waals surface area (Å²) in [5.41, 5.74) is 1.66.